The molecule has 142 valence electrons. The molecule has 0 radical (unpaired) electrons. The predicted octanol–water partition coefficient (Wildman–Crippen LogP) is 2.66. The van der Waals surface area contributed by atoms with Gasteiger partial charge in [-0.2, -0.15) is 0 Å². The summed E-state index contributed by atoms with van der Waals surface area (Å²) in [6, 6.07) is 10.7. The van der Waals surface area contributed by atoms with Crippen LogP contribution in [0.25, 0.3) is 22.0 Å². The summed E-state index contributed by atoms with van der Waals surface area (Å²) in [7, 11) is 0. The van der Waals surface area contributed by atoms with Crippen molar-refractivity contribution in [2.24, 2.45) is 5.73 Å². The maximum Gasteiger partial charge on any atom is 0.257 e. The first-order valence-electron chi connectivity index (χ1n) is 8.62. The number of aryl methyl sites for hydroxylation is 1. The lowest BCUT2D eigenvalue weighted by atomic mass is 10.1. The first kappa shape index (κ1) is 18.0. The van der Waals surface area contributed by atoms with Crippen molar-refractivity contribution < 1.29 is 9.21 Å². The molecule has 0 unspecified atom stereocenters. The van der Waals surface area contributed by atoms with E-state index in [4.69, 9.17) is 10.2 Å². The number of hydrogen-bond donors (Lipinski definition) is 2. The monoisotopic (exact) mass is 395 g/mol. The van der Waals surface area contributed by atoms with E-state index in [1.54, 1.807) is 35.2 Å². The van der Waals surface area contributed by atoms with Gasteiger partial charge in [-0.3, -0.25) is 14.8 Å². The summed E-state index contributed by atoms with van der Waals surface area (Å²) in [5.41, 5.74) is 7.64. The summed E-state index contributed by atoms with van der Waals surface area (Å²) >= 11 is 1.24. The zero-order chi connectivity index (χ0) is 19.3. The minimum absolute atomic E-state index is 0.264. The van der Waals surface area contributed by atoms with Crippen LogP contribution in [0, 0.1) is 0 Å². The predicted molar refractivity (Wildman–Crippen MR) is 105 cm³/mol. The van der Waals surface area contributed by atoms with Crippen LogP contribution < -0.4 is 11.1 Å². The molecule has 3 N–H and O–H groups in total. The van der Waals surface area contributed by atoms with Crippen LogP contribution in [0.1, 0.15) is 16.8 Å². The Morgan fingerprint density at radius 2 is 2.04 bits per heavy atom. The number of nitrogens with one attached hydrogen (secondary N) is 1. The minimum atomic E-state index is -0.264. The van der Waals surface area contributed by atoms with E-state index >= 15 is 0 Å². The van der Waals surface area contributed by atoms with Gasteiger partial charge in [0.05, 0.1) is 12.5 Å². The minimum Gasteiger partial charge on any atom is -0.462 e. The molecule has 9 nitrogen and oxygen atoms in total. The Labute approximate surface area is 164 Å². The Morgan fingerprint density at radius 1 is 1.18 bits per heavy atom. The molecule has 4 aromatic rings. The first-order chi connectivity index (χ1) is 13.7. The first-order valence-corrected chi connectivity index (χ1v) is 9.44. The molecule has 3 heterocycles. The summed E-state index contributed by atoms with van der Waals surface area (Å²) in [5.74, 6) is 0.349. The molecule has 10 heteroatoms. The molecular weight excluding hydrogens is 378 g/mol. The average molecular weight is 395 g/mol. The van der Waals surface area contributed by atoms with Crippen LogP contribution in [0.4, 0.5) is 5.13 Å². The summed E-state index contributed by atoms with van der Waals surface area (Å²) in [6.45, 7) is 1.34. The lowest BCUT2D eigenvalue weighted by Crippen LogP contribution is -2.11. The Morgan fingerprint density at radius 3 is 2.79 bits per heavy atom. The fourth-order valence-electron chi connectivity index (χ4n) is 2.53. The van der Waals surface area contributed by atoms with E-state index in [1.807, 2.05) is 18.3 Å². The SMILES string of the molecule is NCCCn1cc(-c2ccc(C(=O)Nc3nnc(-c4ccco4)s3)cc2)nn1. The van der Waals surface area contributed by atoms with Crippen molar-refractivity contribution in [3.63, 3.8) is 0 Å². The van der Waals surface area contributed by atoms with E-state index < -0.39 is 0 Å². The summed E-state index contributed by atoms with van der Waals surface area (Å²) in [6.07, 6.45) is 4.27. The number of aromatic nitrogens is 5. The van der Waals surface area contributed by atoms with E-state index in [2.05, 4.69) is 25.8 Å². The third-order valence-electron chi connectivity index (χ3n) is 3.95. The molecule has 0 spiro atoms. The highest BCUT2D eigenvalue weighted by Gasteiger charge is 2.13. The highest BCUT2D eigenvalue weighted by molar-refractivity contribution is 7.18. The Balaban J connectivity index is 1.42. The van der Waals surface area contributed by atoms with Crippen LogP contribution in [-0.2, 0) is 6.54 Å². The van der Waals surface area contributed by atoms with Gasteiger partial charge in [0.1, 0.15) is 5.69 Å². The van der Waals surface area contributed by atoms with Gasteiger partial charge in [-0.15, -0.1) is 15.3 Å². The molecule has 0 aliphatic carbocycles. The van der Waals surface area contributed by atoms with E-state index in [-0.39, 0.29) is 5.91 Å². The van der Waals surface area contributed by atoms with Crippen molar-refractivity contribution in [3.05, 3.63) is 54.4 Å². The number of amides is 1. The van der Waals surface area contributed by atoms with Crippen molar-refractivity contribution in [3.8, 4) is 22.0 Å². The van der Waals surface area contributed by atoms with Crippen molar-refractivity contribution in [1.29, 1.82) is 0 Å². The molecule has 3 aromatic heterocycles. The van der Waals surface area contributed by atoms with Gasteiger partial charge in [0.15, 0.2) is 10.8 Å². The molecule has 0 atom stereocenters. The van der Waals surface area contributed by atoms with Crippen LogP contribution in [0.15, 0.2) is 53.3 Å². The third-order valence-corrected chi connectivity index (χ3v) is 4.80. The van der Waals surface area contributed by atoms with Gasteiger partial charge < -0.3 is 10.2 Å². The van der Waals surface area contributed by atoms with Crippen LogP contribution in [0.2, 0.25) is 0 Å². The number of furan rings is 1. The van der Waals surface area contributed by atoms with E-state index in [1.165, 1.54) is 11.3 Å². The van der Waals surface area contributed by atoms with Gasteiger partial charge in [0, 0.05) is 17.7 Å². The molecule has 0 aliphatic heterocycles. The number of benzene rings is 1. The number of hydrogen-bond acceptors (Lipinski definition) is 8. The molecule has 4 rings (SSSR count). The van der Waals surface area contributed by atoms with Crippen LogP contribution in [0.5, 0.6) is 0 Å². The van der Waals surface area contributed by atoms with Gasteiger partial charge in [0.25, 0.3) is 5.91 Å². The van der Waals surface area contributed by atoms with Gasteiger partial charge in [-0.1, -0.05) is 28.7 Å². The molecule has 0 saturated carbocycles. The quantitative estimate of drug-likeness (QED) is 0.493. The van der Waals surface area contributed by atoms with E-state index in [0.29, 0.717) is 28.0 Å². The smallest absolute Gasteiger partial charge is 0.257 e. The van der Waals surface area contributed by atoms with Gasteiger partial charge in [0.2, 0.25) is 5.13 Å². The Kier molecular flexibility index (Phi) is 5.22. The Bertz CT molecular complexity index is 1050. The second-order valence-corrected chi connectivity index (χ2v) is 6.91. The van der Waals surface area contributed by atoms with E-state index in [0.717, 1.165) is 24.2 Å². The zero-order valence-electron chi connectivity index (χ0n) is 14.8. The van der Waals surface area contributed by atoms with Crippen molar-refractivity contribution in [2.45, 2.75) is 13.0 Å². The summed E-state index contributed by atoms with van der Waals surface area (Å²) in [4.78, 5) is 12.4. The fourth-order valence-corrected chi connectivity index (χ4v) is 3.24. The topological polar surface area (TPSA) is 125 Å². The highest BCUT2D eigenvalue weighted by Crippen LogP contribution is 2.27. The lowest BCUT2D eigenvalue weighted by molar-refractivity contribution is 0.102. The van der Waals surface area contributed by atoms with Crippen LogP contribution in [-0.4, -0.2) is 37.6 Å². The fraction of sp³-hybridized carbons (Fsp3) is 0.167. The van der Waals surface area contributed by atoms with Gasteiger partial charge >= 0.3 is 0 Å². The maximum atomic E-state index is 12.4. The van der Waals surface area contributed by atoms with Crippen LogP contribution in [0.3, 0.4) is 0 Å². The molecule has 0 fully saturated rings. The molecule has 0 aliphatic rings. The molecular formula is C18H17N7O2S. The highest BCUT2D eigenvalue weighted by atomic mass is 32.1. The molecule has 0 saturated heterocycles. The second kappa shape index (κ2) is 8.11. The normalized spacial score (nSPS) is 10.9. The average Bonchev–Trinajstić information content (AvgIpc) is 3.47. The lowest BCUT2D eigenvalue weighted by Gasteiger charge is -2.02. The molecule has 0 bridgehead atoms. The van der Waals surface area contributed by atoms with Crippen molar-refractivity contribution >= 4 is 22.4 Å². The molecule has 28 heavy (non-hydrogen) atoms. The Hall–Kier alpha value is -3.37. The second-order valence-electron chi connectivity index (χ2n) is 5.93. The standard InChI is InChI=1S/C18H17N7O2S/c19-8-2-9-25-11-14(21-24-25)12-4-6-13(7-5-12)16(26)20-18-23-22-17(28-18)15-3-1-10-27-15/h1,3-7,10-11H,2,8-9,19H2,(H,20,23,26). The third kappa shape index (κ3) is 3.97. The maximum absolute atomic E-state index is 12.4. The van der Waals surface area contributed by atoms with E-state index in [9.17, 15) is 4.79 Å². The number of carbonyl (C=O) groups is 1. The van der Waals surface area contributed by atoms with Crippen molar-refractivity contribution in [1.82, 2.24) is 25.2 Å². The van der Waals surface area contributed by atoms with Crippen LogP contribution >= 0.6 is 11.3 Å². The number of carbonyl (C=O) groups excluding carboxylic acids is 1. The number of nitrogens with two attached hydrogens (primary N) is 1. The zero-order valence-corrected chi connectivity index (χ0v) is 15.6. The number of nitrogens with zero attached hydrogens (tertiary/aromatic N) is 5. The number of rotatable bonds is 7. The van der Waals surface area contributed by atoms with Crippen molar-refractivity contribution in [2.75, 3.05) is 11.9 Å². The largest absolute Gasteiger partial charge is 0.462 e. The molecule has 1 amide bonds. The summed E-state index contributed by atoms with van der Waals surface area (Å²) in [5, 5.41) is 20.0. The summed E-state index contributed by atoms with van der Waals surface area (Å²) < 4.78 is 7.04. The number of anilines is 1. The van der Waals surface area contributed by atoms with Gasteiger partial charge in [-0.25, -0.2) is 0 Å². The molecule has 1 aromatic carbocycles. The van der Waals surface area contributed by atoms with Gasteiger partial charge in [-0.05, 0) is 37.2 Å².